The molecule has 1 aromatic heterocycles. The first-order chi connectivity index (χ1) is 19.7. The summed E-state index contributed by atoms with van der Waals surface area (Å²) in [6, 6.07) is 8.64. The number of piperazine rings is 1. The molecular formula is C29H36F3N5O4. The Morgan fingerprint density at radius 2 is 1.73 bits per heavy atom. The van der Waals surface area contributed by atoms with E-state index in [9.17, 15) is 28.1 Å². The monoisotopic (exact) mass is 575 g/mol. The lowest BCUT2D eigenvalue weighted by Gasteiger charge is -2.36. The van der Waals surface area contributed by atoms with Crippen LogP contribution in [-0.4, -0.2) is 59.0 Å². The van der Waals surface area contributed by atoms with Crippen LogP contribution in [0.2, 0.25) is 0 Å². The van der Waals surface area contributed by atoms with E-state index < -0.39 is 22.4 Å². The third-order valence-corrected chi connectivity index (χ3v) is 8.43. The Hall–Kier alpha value is -3.57. The third kappa shape index (κ3) is 7.39. The zero-order valence-electron chi connectivity index (χ0n) is 22.9. The Balaban J connectivity index is 1.09. The normalized spacial score (nSPS) is 22.0. The Kier molecular flexibility index (Phi) is 8.84. The second kappa shape index (κ2) is 12.5. The van der Waals surface area contributed by atoms with E-state index in [0.717, 1.165) is 31.0 Å². The van der Waals surface area contributed by atoms with Crippen molar-refractivity contribution in [3.63, 3.8) is 0 Å². The van der Waals surface area contributed by atoms with Gasteiger partial charge in [0.05, 0.1) is 4.92 Å². The van der Waals surface area contributed by atoms with Crippen molar-refractivity contribution in [2.75, 3.05) is 36.4 Å². The molecule has 9 nitrogen and oxygen atoms in total. The van der Waals surface area contributed by atoms with Crippen molar-refractivity contribution in [3.05, 3.63) is 52.1 Å². The fraction of sp³-hybridized carbons (Fsp3) is 0.586. The number of carbonyl (C=O) groups excluding carboxylic acids is 1. The maximum atomic E-state index is 13.3. The molecule has 2 aromatic rings. The van der Waals surface area contributed by atoms with Crippen LogP contribution in [0.25, 0.3) is 0 Å². The molecule has 1 aliphatic heterocycles. The number of hydrogen-bond donors (Lipinski definition) is 1. The molecule has 41 heavy (non-hydrogen) atoms. The predicted octanol–water partition coefficient (Wildman–Crippen LogP) is 6.04. The molecule has 5 rings (SSSR count). The maximum absolute atomic E-state index is 13.3. The van der Waals surface area contributed by atoms with Crippen LogP contribution < -0.4 is 15.0 Å². The van der Waals surface area contributed by atoms with E-state index in [1.807, 2.05) is 23.1 Å². The highest BCUT2D eigenvalue weighted by Gasteiger charge is 2.38. The number of ether oxygens (including phenoxy) is 1. The SMILES string of the molecule is O=C(CC1CCCC1)N1CCN(c2cccc(O[C@H]3CC[C@H](Nc4ccc([N+](=O)[O-])c(C(F)(F)F)c4)CC3)n2)CC1. The van der Waals surface area contributed by atoms with Gasteiger partial charge in [-0.15, -0.1) is 0 Å². The second-order valence-corrected chi connectivity index (χ2v) is 11.3. The van der Waals surface area contributed by atoms with Crippen molar-refractivity contribution < 1.29 is 27.6 Å². The van der Waals surface area contributed by atoms with Gasteiger partial charge < -0.3 is 19.9 Å². The van der Waals surface area contributed by atoms with Gasteiger partial charge in [0, 0.05) is 56.5 Å². The number of hydrogen-bond acceptors (Lipinski definition) is 7. The molecule has 222 valence electrons. The largest absolute Gasteiger partial charge is 0.474 e. The summed E-state index contributed by atoms with van der Waals surface area (Å²) in [7, 11) is 0. The molecule has 2 aliphatic carbocycles. The van der Waals surface area contributed by atoms with Gasteiger partial charge in [0.15, 0.2) is 0 Å². The second-order valence-electron chi connectivity index (χ2n) is 11.3. The van der Waals surface area contributed by atoms with Gasteiger partial charge in [0.1, 0.15) is 17.5 Å². The molecule has 12 heteroatoms. The number of carbonyl (C=O) groups is 1. The molecule has 2 saturated carbocycles. The van der Waals surface area contributed by atoms with E-state index in [-0.39, 0.29) is 23.7 Å². The Morgan fingerprint density at radius 3 is 2.39 bits per heavy atom. The average molecular weight is 576 g/mol. The number of nitro groups is 1. The number of nitrogens with one attached hydrogen (secondary N) is 1. The Labute approximate surface area is 237 Å². The highest BCUT2D eigenvalue weighted by Crippen LogP contribution is 2.38. The van der Waals surface area contributed by atoms with Crippen LogP contribution in [0.5, 0.6) is 5.88 Å². The van der Waals surface area contributed by atoms with Gasteiger partial charge in [0.25, 0.3) is 5.69 Å². The van der Waals surface area contributed by atoms with E-state index in [4.69, 9.17) is 9.72 Å². The van der Waals surface area contributed by atoms with Gasteiger partial charge in [-0.1, -0.05) is 18.9 Å². The number of alkyl halides is 3. The number of aromatic nitrogens is 1. The molecule has 1 amide bonds. The van der Waals surface area contributed by atoms with Crippen LogP contribution in [0.3, 0.4) is 0 Å². The summed E-state index contributed by atoms with van der Waals surface area (Å²) >= 11 is 0. The van der Waals surface area contributed by atoms with E-state index >= 15 is 0 Å². The minimum Gasteiger partial charge on any atom is -0.474 e. The van der Waals surface area contributed by atoms with E-state index in [2.05, 4.69) is 10.2 Å². The van der Waals surface area contributed by atoms with Gasteiger partial charge in [-0.2, -0.15) is 18.2 Å². The van der Waals surface area contributed by atoms with Crippen molar-refractivity contribution in [3.8, 4) is 5.88 Å². The van der Waals surface area contributed by atoms with E-state index in [1.165, 1.54) is 31.7 Å². The molecular weight excluding hydrogens is 539 g/mol. The summed E-state index contributed by atoms with van der Waals surface area (Å²) in [6.45, 7) is 2.83. The lowest BCUT2D eigenvalue weighted by Crippen LogP contribution is -2.49. The number of nitro benzene ring substituents is 1. The van der Waals surface area contributed by atoms with Crippen LogP contribution in [-0.2, 0) is 11.0 Å². The van der Waals surface area contributed by atoms with Crippen LogP contribution in [0, 0.1) is 16.0 Å². The number of benzene rings is 1. The van der Waals surface area contributed by atoms with Crippen molar-refractivity contribution in [2.45, 2.75) is 76.1 Å². The molecule has 3 fully saturated rings. The number of anilines is 2. The molecule has 2 heterocycles. The van der Waals surface area contributed by atoms with Crippen molar-refractivity contribution in [1.82, 2.24) is 9.88 Å². The van der Waals surface area contributed by atoms with E-state index in [0.29, 0.717) is 57.0 Å². The van der Waals surface area contributed by atoms with Crippen molar-refractivity contribution in [2.24, 2.45) is 5.92 Å². The summed E-state index contributed by atoms with van der Waals surface area (Å²) in [5.41, 5.74) is -2.00. The summed E-state index contributed by atoms with van der Waals surface area (Å²) in [5.74, 6) is 2.16. The fourth-order valence-electron chi connectivity index (χ4n) is 6.16. The highest BCUT2D eigenvalue weighted by molar-refractivity contribution is 5.76. The number of amides is 1. The maximum Gasteiger partial charge on any atom is 0.423 e. The first kappa shape index (κ1) is 28.9. The zero-order valence-corrected chi connectivity index (χ0v) is 22.9. The van der Waals surface area contributed by atoms with Crippen molar-refractivity contribution in [1.29, 1.82) is 0 Å². The minimum atomic E-state index is -4.81. The number of nitrogens with zero attached hydrogens (tertiary/aromatic N) is 4. The van der Waals surface area contributed by atoms with Gasteiger partial charge in [-0.05, 0) is 62.6 Å². The van der Waals surface area contributed by atoms with Crippen LogP contribution >= 0.6 is 0 Å². The van der Waals surface area contributed by atoms with Gasteiger partial charge in [0.2, 0.25) is 11.8 Å². The lowest BCUT2D eigenvalue weighted by molar-refractivity contribution is -0.388. The smallest absolute Gasteiger partial charge is 0.423 e. The molecule has 0 bridgehead atoms. The molecule has 3 aliphatic rings. The summed E-state index contributed by atoms with van der Waals surface area (Å²) in [4.78, 5) is 31.5. The Morgan fingerprint density at radius 1 is 1.02 bits per heavy atom. The standard InChI is InChI=1S/C29H36F3N5O4/c30-29(31,32)24-19-22(10-13-25(24)37(39)40)33-21-8-11-23(12-9-21)41-27-7-3-6-26(34-27)35-14-16-36(17-15-35)28(38)18-20-4-1-2-5-20/h3,6-7,10,13,19-21,23,33H,1-2,4-5,8-9,11-12,14-18H2/t21-,23-. The number of rotatable bonds is 8. The molecule has 0 radical (unpaired) electrons. The topological polar surface area (TPSA) is 101 Å². The minimum absolute atomic E-state index is 0.0654. The number of pyridine rings is 1. The summed E-state index contributed by atoms with van der Waals surface area (Å²) < 4.78 is 46.1. The molecule has 0 atom stereocenters. The zero-order chi connectivity index (χ0) is 29.0. The number of halogens is 3. The molecule has 0 unspecified atom stereocenters. The third-order valence-electron chi connectivity index (χ3n) is 8.43. The molecule has 1 N–H and O–H groups in total. The molecule has 1 saturated heterocycles. The van der Waals surface area contributed by atoms with Gasteiger partial charge in [-0.25, -0.2) is 0 Å². The molecule has 0 spiro atoms. The van der Waals surface area contributed by atoms with Crippen molar-refractivity contribution >= 4 is 23.1 Å². The average Bonchev–Trinajstić information content (AvgIpc) is 3.47. The molecule has 1 aromatic carbocycles. The van der Waals surface area contributed by atoms with Gasteiger partial charge >= 0.3 is 6.18 Å². The Bertz CT molecular complexity index is 1220. The van der Waals surface area contributed by atoms with Crippen LogP contribution in [0.1, 0.15) is 63.4 Å². The summed E-state index contributed by atoms with van der Waals surface area (Å²) in [5, 5.41) is 14.1. The van der Waals surface area contributed by atoms with Crippen LogP contribution in [0.15, 0.2) is 36.4 Å². The first-order valence-electron chi connectivity index (χ1n) is 14.4. The van der Waals surface area contributed by atoms with Crippen LogP contribution in [0.4, 0.5) is 30.4 Å². The fourth-order valence-corrected chi connectivity index (χ4v) is 6.16. The summed E-state index contributed by atoms with van der Waals surface area (Å²) in [6.07, 6.45) is 3.36. The lowest BCUT2D eigenvalue weighted by atomic mass is 9.92. The highest BCUT2D eigenvalue weighted by atomic mass is 19.4. The predicted molar refractivity (Wildman–Crippen MR) is 148 cm³/mol. The van der Waals surface area contributed by atoms with Gasteiger partial charge in [-0.3, -0.25) is 14.9 Å². The van der Waals surface area contributed by atoms with E-state index in [1.54, 1.807) is 0 Å². The quantitative estimate of drug-likeness (QED) is 0.303. The first-order valence-corrected chi connectivity index (χ1v) is 14.4.